The molecule has 1 unspecified atom stereocenters. The Kier molecular flexibility index (Phi) is 7.74. The van der Waals surface area contributed by atoms with Crippen molar-refractivity contribution in [3.05, 3.63) is 59.1 Å². The van der Waals surface area contributed by atoms with Gasteiger partial charge in [0.2, 0.25) is 5.88 Å². The largest absolute Gasteiger partial charge is 0.515 e. The summed E-state index contributed by atoms with van der Waals surface area (Å²) in [5, 5.41) is 7.26. The maximum absolute atomic E-state index is 13.0. The second kappa shape index (κ2) is 11.2. The van der Waals surface area contributed by atoms with Crippen molar-refractivity contribution in [3.8, 4) is 11.6 Å². The summed E-state index contributed by atoms with van der Waals surface area (Å²) in [6.07, 6.45) is 0.808. The molecule has 1 aromatic carbocycles. The highest BCUT2D eigenvalue weighted by molar-refractivity contribution is 7.99. The van der Waals surface area contributed by atoms with E-state index >= 15 is 0 Å². The van der Waals surface area contributed by atoms with Crippen molar-refractivity contribution in [2.24, 2.45) is 0 Å². The molecule has 0 bridgehead atoms. The molecule has 0 amide bonds. The SMILES string of the molecule is CCOC(=O)Oc1[nH]cc2c1NC1=C(C(=O)CNC1)C2c1ccc(Sc2nc3cc(OC(F)F)ccc3[nH]2)o1.Cl. The quantitative estimate of drug-likeness (QED) is 0.212. The van der Waals surface area contributed by atoms with E-state index in [2.05, 4.69) is 30.3 Å². The van der Waals surface area contributed by atoms with Crippen LogP contribution in [0, 0.1) is 0 Å². The third-order valence-corrected chi connectivity index (χ3v) is 6.96. The van der Waals surface area contributed by atoms with Crippen LogP contribution in [0.1, 0.15) is 24.2 Å². The van der Waals surface area contributed by atoms with Crippen LogP contribution in [0.2, 0.25) is 0 Å². The number of fused-ring (bicyclic) bond motifs is 2. The third-order valence-electron chi connectivity index (χ3n) is 6.15. The van der Waals surface area contributed by atoms with Crippen LogP contribution >= 0.6 is 24.2 Å². The van der Waals surface area contributed by atoms with Gasteiger partial charge in [-0.3, -0.25) is 4.79 Å². The van der Waals surface area contributed by atoms with E-state index in [0.717, 1.165) is 0 Å². The fourth-order valence-corrected chi connectivity index (χ4v) is 5.39. The van der Waals surface area contributed by atoms with Crippen molar-refractivity contribution in [1.82, 2.24) is 20.3 Å². The van der Waals surface area contributed by atoms with E-state index in [1.54, 1.807) is 31.3 Å². The summed E-state index contributed by atoms with van der Waals surface area (Å²) in [5.74, 6) is 0.0417. The summed E-state index contributed by atoms with van der Waals surface area (Å²) in [5.41, 5.74) is 3.50. The minimum atomic E-state index is -2.93. The summed E-state index contributed by atoms with van der Waals surface area (Å²) in [7, 11) is 0. The van der Waals surface area contributed by atoms with Crippen LogP contribution < -0.4 is 20.1 Å². The number of H-pyrrole nitrogens is 2. The van der Waals surface area contributed by atoms with Crippen LogP contribution in [0.4, 0.5) is 19.3 Å². The normalized spacial score (nSPS) is 16.3. The summed E-state index contributed by atoms with van der Waals surface area (Å²) in [6.45, 7) is -0.495. The zero-order valence-electron chi connectivity index (χ0n) is 20.7. The number of benzene rings is 1. The number of aromatic nitrogens is 3. The van der Waals surface area contributed by atoms with Crippen molar-refractivity contribution in [1.29, 1.82) is 0 Å². The average molecular weight is 594 g/mol. The maximum atomic E-state index is 13.0. The molecular formula is C25H22ClF2N5O6S. The van der Waals surface area contributed by atoms with Gasteiger partial charge >= 0.3 is 12.8 Å². The van der Waals surface area contributed by atoms with E-state index in [9.17, 15) is 18.4 Å². The van der Waals surface area contributed by atoms with E-state index in [0.29, 0.717) is 56.1 Å². The number of ether oxygens (including phenoxy) is 3. The molecule has 0 saturated carbocycles. The van der Waals surface area contributed by atoms with Gasteiger partial charge in [0.25, 0.3) is 0 Å². The molecule has 3 aromatic heterocycles. The number of carbonyl (C=O) groups is 2. The Morgan fingerprint density at radius 2 is 2.10 bits per heavy atom. The molecule has 11 nitrogen and oxygen atoms in total. The summed E-state index contributed by atoms with van der Waals surface area (Å²) < 4.78 is 45.9. The Morgan fingerprint density at radius 1 is 1.25 bits per heavy atom. The van der Waals surface area contributed by atoms with Crippen LogP contribution in [-0.4, -0.2) is 53.2 Å². The van der Waals surface area contributed by atoms with Gasteiger partial charge in [0, 0.05) is 35.6 Å². The molecule has 0 fully saturated rings. The monoisotopic (exact) mass is 593 g/mol. The molecule has 0 radical (unpaired) electrons. The van der Waals surface area contributed by atoms with Crippen molar-refractivity contribution < 1.29 is 37.0 Å². The van der Waals surface area contributed by atoms with Crippen LogP contribution in [0.25, 0.3) is 11.0 Å². The number of halogens is 3. The van der Waals surface area contributed by atoms with Gasteiger partial charge < -0.3 is 39.2 Å². The number of nitrogens with one attached hydrogen (secondary N) is 4. The highest BCUT2D eigenvalue weighted by atomic mass is 35.5. The summed E-state index contributed by atoms with van der Waals surface area (Å²) >= 11 is 1.20. The number of aromatic amines is 2. The first-order valence-corrected chi connectivity index (χ1v) is 12.7. The molecule has 4 N–H and O–H groups in total. The topological polar surface area (TPSA) is 144 Å². The highest BCUT2D eigenvalue weighted by Crippen LogP contribution is 2.47. The minimum Gasteiger partial charge on any atom is -0.453 e. The van der Waals surface area contributed by atoms with Gasteiger partial charge in [-0.2, -0.15) is 8.78 Å². The molecule has 0 spiro atoms. The second-order valence-corrected chi connectivity index (χ2v) is 9.56. The van der Waals surface area contributed by atoms with Gasteiger partial charge in [0.1, 0.15) is 17.2 Å². The molecular weight excluding hydrogens is 572 g/mol. The van der Waals surface area contributed by atoms with E-state index in [4.69, 9.17) is 13.9 Å². The molecule has 210 valence electrons. The van der Waals surface area contributed by atoms with E-state index in [-0.39, 0.29) is 43.0 Å². The molecule has 15 heteroatoms. The van der Waals surface area contributed by atoms with Gasteiger partial charge in [0.05, 0.1) is 30.1 Å². The molecule has 40 heavy (non-hydrogen) atoms. The predicted molar refractivity (Wildman–Crippen MR) is 142 cm³/mol. The van der Waals surface area contributed by atoms with Crippen molar-refractivity contribution in [3.63, 3.8) is 0 Å². The van der Waals surface area contributed by atoms with Crippen LogP contribution in [0.3, 0.4) is 0 Å². The standard InChI is InChI=1S/C25H21F2N5O6S.ClH/c1-2-35-25(34)38-22-21-12(8-29-22)19(20-15(30-21)9-28-10-16(20)33)17-5-6-18(37-17)39-24-31-13-4-3-11(36-23(26)27)7-14(13)32-24;/h3-8,19,23,28-30H,2,9-10H2,1H3,(H,31,32);1H. The van der Waals surface area contributed by atoms with Crippen molar-refractivity contribution in [2.75, 3.05) is 25.0 Å². The lowest BCUT2D eigenvalue weighted by molar-refractivity contribution is -0.115. The molecule has 4 aromatic rings. The van der Waals surface area contributed by atoms with Gasteiger partial charge in [-0.15, -0.1) is 12.4 Å². The predicted octanol–water partition coefficient (Wildman–Crippen LogP) is 5.18. The number of hydrogen-bond donors (Lipinski definition) is 4. The molecule has 1 atom stereocenters. The maximum Gasteiger partial charge on any atom is 0.515 e. The average Bonchev–Trinajstić information content (AvgIpc) is 3.62. The summed E-state index contributed by atoms with van der Waals surface area (Å²) in [6, 6.07) is 7.99. The first-order valence-electron chi connectivity index (χ1n) is 11.9. The van der Waals surface area contributed by atoms with Crippen LogP contribution in [0.5, 0.6) is 11.6 Å². The Balaban J connectivity index is 0.00000323. The number of Topliss-reactive ketones (excluding diaryl/α,β-unsaturated/α-hetero) is 1. The lowest BCUT2D eigenvalue weighted by Gasteiger charge is -2.31. The number of hydrogen-bond acceptors (Lipinski definition) is 10. The fraction of sp³-hybridized carbons (Fsp3) is 0.240. The van der Waals surface area contributed by atoms with E-state index in [1.165, 1.54) is 23.9 Å². The second-order valence-electron chi connectivity index (χ2n) is 8.57. The summed E-state index contributed by atoms with van der Waals surface area (Å²) in [4.78, 5) is 35.4. The lowest BCUT2D eigenvalue weighted by Crippen LogP contribution is -2.39. The van der Waals surface area contributed by atoms with Crippen LogP contribution in [0.15, 0.2) is 62.5 Å². The van der Waals surface area contributed by atoms with Gasteiger partial charge in [-0.1, -0.05) is 0 Å². The molecule has 6 rings (SSSR count). The molecule has 2 aliphatic heterocycles. The van der Waals surface area contributed by atoms with E-state index in [1.807, 2.05) is 0 Å². The van der Waals surface area contributed by atoms with Gasteiger partial charge in [0.15, 0.2) is 16.0 Å². The fourth-order valence-electron chi connectivity index (χ4n) is 4.62. The van der Waals surface area contributed by atoms with Gasteiger partial charge in [-0.25, -0.2) is 9.78 Å². The van der Waals surface area contributed by atoms with Crippen molar-refractivity contribution in [2.45, 2.75) is 29.7 Å². The Labute approximate surface area is 235 Å². The molecule has 2 aliphatic rings. The van der Waals surface area contributed by atoms with Gasteiger partial charge in [-0.05, 0) is 43.0 Å². The first kappa shape index (κ1) is 27.6. The lowest BCUT2D eigenvalue weighted by atomic mass is 9.82. The van der Waals surface area contributed by atoms with E-state index < -0.39 is 18.7 Å². The number of imidazole rings is 1. The van der Waals surface area contributed by atoms with Crippen LogP contribution in [-0.2, 0) is 9.53 Å². The third kappa shape index (κ3) is 5.24. The zero-order valence-corrected chi connectivity index (χ0v) is 22.3. The number of alkyl halides is 2. The number of furan rings is 1. The molecule has 0 saturated heterocycles. The number of nitrogens with zero attached hydrogens (tertiary/aromatic N) is 1. The van der Waals surface area contributed by atoms with Crippen molar-refractivity contribution >= 4 is 52.8 Å². The number of rotatable bonds is 7. The first-order chi connectivity index (χ1) is 18.9. The Bertz CT molecular complexity index is 1620. The molecule has 0 aliphatic carbocycles. The number of carbonyl (C=O) groups excluding carboxylic acids is 2. The number of anilines is 1. The number of ketones is 1. The smallest absolute Gasteiger partial charge is 0.453 e. The Hall–Kier alpha value is -4.01. The Morgan fingerprint density at radius 3 is 2.90 bits per heavy atom. The zero-order chi connectivity index (χ0) is 27.1. The highest BCUT2D eigenvalue weighted by Gasteiger charge is 2.39. The minimum absolute atomic E-state index is 0. The molecule has 5 heterocycles.